The minimum absolute atomic E-state index is 0.108. The van der Waals surface area contributed by atoms with Crippen molar-refractivity contribution < 1.29 is 9.84 Å². The van der Waals surface area contributed by atoms with Gasteiger partial charge in [0.25, 0.3) is 5.56 Å². The van der Waals surface area contributed by atoms with Gasteiger partial charge in [0.15, 0.2) is 0 Å². The number of aromatic nitrogens is 2. The van der Waals surface area contributed by atoms with Gasteiger partial charge in [0, 0.05) is 13.0 Å². The molecular formula is C22H32N4O3. The van der Waals surface area contributed by atoms with Crippen LogP contribution in [0.3, 0.4) is 0 Å². The minimum Gasteiger partial charge on any atom is -0.493 e. The third-order valence-corrected chi connectivity index (χ3v) is 5.06. The van der Waals surface area contributed by atoms with E-state index in [1.165, 1.54) is 32.4 Å². The number of nitrogens with zero attached hydrogens (tertiary/aromatic N) is 2. The average Bonchev–Trinajstić information content (AvgIpc) is 2.70. The van der Waals surface area contributed by atoms with E-state index in [0.29, 0.717) is 18.9 Å². The van der Waals surface area contributed by atoms with E-state index in [1.807, 2.05) is 38.1 Å². The Balaban J connectivity index is 1.54. The second-order valence-corrected chi connectivity index (χ2v) is 7.89. The molecule has 1 aromatic heterocycles. The van der Waals surface area contributed by atoms with Crippen molar-refractivity contribution in [1.29, 1.82) is 0 Å². The quantitative estimate of drug-likeness (QED) is 0.560. The van der Waals surface area contributed by atoms with Crippen LogP contribution in [0, 0.1) is 0 Å². The number of aromatic hydroxyl groups is 1. The van der Waals surface area contributed by atoms with E-state index in [2.05, 4.69) is 20.2 Å². The molecule has 7 nitrogen and oxygen atoms in total. The maximum Gasteiger partial charge on any atom is 0.259 e. The molecule has 0 atom stereocenters. The van der Waals surface area contributed by atoms with Gasteiger partial charge in [0.05, 0.1) is 11.7 Å². The SMILES string of the molecule is CC(C)Oc1ccc(Cc2c(O)nc(NCCCN3CCCCC3)[nH]c2=O)cc1. The summed E-state index contributed by atoms with van der Waals surface area (Å²) in [4.78, 5) is 21.8. The van der Waals surface area contributed by atoms with Crippen molar-refractivity contribution in [2.75, 3.05) is 31.5 Å². The van der Waals surface area contributed by atoms with Crippen LogP contribution in [0.25, 0.3) is 0 Å². The topological polar surface area (TPSA) is 90.5 Å². The maximum absolute atomic E-state index is 12.4. The van der Waals surface area contributed by atoms with Crippen LogP contribution in [0.15, 0.2) is 29.1 Å². The lowest BCUT2D eigenvalue weighted by Crippen LogP contribution is -2.31. The summed E-state index contributed by atoms with van der Waals surface area (Å²) in [5, 5.41) is 13.4. The molecule has 0 radical (unpaired) electrons. The predicted octanol–water partition coefficient (Wildman–Crippen LogP) is 3.14. The standard InChI is InChI=1S/C22H32N4O3/c1-16(2)29-18-9-7-17(8-10-18)15-19-20(27)24-22(25-21(19)28)23-11-6-14-26-12-4-3-5-13-26/h7-10,16H,3-6,11-15H2,1-2H3,(H3,23,24,25,27,28). The fraction of sp³-hybridized carbons (Fsp3) is 0.545. The Morgan fingerprint density at radius 1 is 1.21 bits per heavy atom. The molecule has 0 aliphatic carbocycles. The number of rotatable bonds is 9. The molecule has 0 spiro atoms. The lowest BCUT2D eigenvalue weighted by molar-refractivity contribution is 0.228. The van der Waals surface area contributed by atoms with Crippen LogP contribution in [0.1, 0.15) is 50.7 Å². The van der Waals surface area contributed by atoms with Crippen LogP contribution in [0.5, 0.6) is 11.6 Å². The van der Waals surface area contributed by atoms with Gasteiger partial charge >= 0.3 is 0 Å². The fourth-order valence-corrected chi connectivity index (χ4v) is 3.58. The molecule has 0 saturated carbocycles. The Kier molecular flexibility index (Phi) is 7.52. The smallest absolute Gasteiger partial charge is 0.259 e. The van der Waals surface area contributed by atoms with Gasteiger partial charge in [0.2, 0.25) is 11.8 Å². The van der Waals surface area contributed by atoms with Crippen LogP contribution in [-0.2, 0) is 6.42 Å². The summed E-state index contributed by atoms with van der Waals surface area (Å²) in [6.45, 7) is 8.04. The van der Waals surface area contributed by atoms with Crippen molar-refractivity contribution in [2.24, 2.45) is 0 Å². The third kappa shape index (κ3) is 6.49. The van der Waals surface area contributed by atoms with E-state index in [1.54, 1.807) is 0 Å². The number of benzene rings is 1. The molecule has 0 bridgehead atoms. The number of anilines is 1. The molecule has 1 aliphatic rings. The first-order valence-electron chi connectivity index (χ1n) is 10.6. The van der Waals surface area contributed by atoms with Crippen molar-refractivity contribution in [3.63, 3.8) is 0 Å². The molecule has 29 heavy (non-hydrogen) atoms. The van der Waals surface area contributed by atoms with E-state index >= 15 is 0 Å². The molecule has 0 unspecified atom stereocenters. The summed E-state index contributed by atoms with van der Waals surface area (Å²) in [5.41, 5.74) is 0.853. The molecule has 1 aromatic carbocycles. The van der Waals surface area contributed by atoms with E-state index in [4.69, 9.17) is 4.74 Å². The lowest BCUT2D eigenvalue weighted by atomic mass is 10.1. The van der Waals surface area contributed by atoms with Gasteiger partial charge in [-0.15, -0.1) is 0 Å². The Morgan fingerprint density at radius 3 is 2.59 bits per heavy atom. The van der Waals surface area contributed by atoms with Gasteiger partial charge in [-0.25, -0.2) is 0 Å². The summed E-state index contributed by atoms with van der Waals surface area (Å²) in [6.07, 6.45) is 5.29. The van der Waals surface area contributed by atoms with E-state index in [-0.39, 0.29) is 23.1 Å². The zero-order valence-electron chi connectivity index (χ0n) is 17.4. The van der Waals surface area contributed by atoms with E-state index in [0.717, 1.165) is 24.3 Å². The normalized spacial score (nSPS) is 14.9. The molecule has 1 fully saturated rings. The molecule has 1 aliphatic heterocycles. The second-order valence-electron chi connectivity index (χ2n) is 7.89. The van der Waals surface area contributed by atoms with Crippen LogP contribution >= 0.6 is 0 Å². The summed E-state index contributed by atoms with van der Waals surface area (Å²) in [7, 11) is 0. The molecule has 2 heterocycles. The van der Waals surface area contributed by atoms with Crippen molar-refractivity contribution in [2.45, 2.75) is 52.1 Å². The highest BCUT2D eigenvalue weighted by molar-refractivity contribution is 5.37. The maximum atomic E-state index is 12.4. The van der Waals surface area contributed by atoms with Gasteiger partial charge in [-0.05, 0) is 70.4 Å². The molecule has 3 N–H and O–H groups in total. The van der Waals surface area contributed by atoms with Crippen LogP contribution in [-0.4, -0.2) is 52.3 Å². The molecule has 7 heteroatoms. The lowest BCUT2D eigenvalue weighted by Gasteiger charge is -2.26. The van der Waals surface area contributed by atoms with Crippen molar-refractivity contribution in [3.05, 3.63) is 45.7 Å². The number of ether oxygens (including phenoxy) is 1. The van der Waals surface area contributed by atoms with Gasteiger partial charge in [-0.2, -0.15) is 4.98 Å². The molecule has 2 aromatic rings. The summed E-state index contributed by atoms with van der Waals surface area (Å²) in [6, 6.07) is 7.52. The van der Waals surface area contributed by atoms with E-state index in [9.17, 15) is 9.90 Å². The highest BCUT2D eigenvalue weighted by Crippen LogP contribution is 2.19. The number of piperidine rings is 1. The Hall–Kier alpha value is -2.54. The van der Waals surface area contributed by atoms with Crippen molar-refractivity contribution >= 4 is 5.95 Å². The molecule has 158 valence electrons. The van der Waals surface area contributed by atoms with E-state index < -0.39 is 0 Å². The largest absolute Gasteiger partial charge is 0.493 e. The number of H-pyrrole nitrogens is 1. The summed E-state index contributed by atoms with van der Waals surface area (Å²) in [5.74, 6) is 0.870. The monoisotopic (exact) mass is 400 g/mol. The minimum atomic E-state index is -0.321. The fourth-order valence-electron chi connectivity index (χ4n) is 3.58. The van der Waals surface area contributed by atoms with Gasteiger partial charge in [0.1, 0.15) is 5.75 Å². The third-order valence-electron chi connectivity index (χ3n) is 5.06. The average molecular weight is 401 g/mol. The number of likely N-dealkylation sites (tertiary alicyclic amines) is 1. The first-order chi connectivity index (χ1) is 14.0. The molecule has 3 rings (SSSR count). The number of hydrogen-bond donors (Lipinski definition) is 3. The molecule has 0 amide bonds. The van der Waals surface area contributed by atoms with Gasteiger partial charge in [-0.3, -0.25) is 9.78 Å². The highest BCUT2D eigenvalue weighted by Gasteiger charge is 2.13. The second kappa shape index (κ2) is 10.3. The van der Waals surface area contributed by atoms with Crippen molar-refractivity contribution in [1.82, 2.24) is 14.9 Å². The van der Waals surface area contributed by atoms with Gasteiger partial charge < -0.3 is 20.1 Å². The highest BCUT2D eigenvalue weighted by atomic mass is 16.5. The summed E-state index contributed by atoms with van der Waals surface area (Å²) < 4.78 is 5.63. The molecule has 1 saturated heterocycles. The number of hydrogen-bond acceptors (Lipinski definition) is 6. The van der Waals surface area contributed by atoms with Gasteiger partial charge in [-0.1, -0.05) is 18.6 Å². The van der Waals surface area contributed by atoms with Crippen LogP contribution < -0.4 is 15.6 Å². The number of aromatic amines is 1. The number of nitrogens with one attached hydrogen (secondary N) is 2. The summed E-state index contributed by atoms with van der Waals surface area (Å²) >= 11 is 0. The Bertz CT molecular complexity index is 827. The predicted molar refractivity (Wildman–Crippen MR) is 115 cm³/mol. The first kappa shape index (κ1) is 21.2. The zero-order chi connectivity index (χ0) is 20.6. The van der Waals surface area contributed by atoms with Crippen LogP contribution in [0.2, 0.25) is 0 Å². The molecular weight excluding hydrogens is 368 g/mol. The van der Waals surface area contributed by atoms with Crippen molar-refractivity contribution in [3.8, 4) is 11.6 Å². The first-order valence-corrected chi connectivity index (χ1v) is 10.6. The Labute approximate surface area is 172 Å². The van der Waals surface area contributed by atoms with Crippen LogP contribution in [0.4, 0.5) is 5.95 Å². The zero-order valence-corrected chi connectivity index (χ0v) is 17.4. The Morgan fingerprint density at radius 2 is 1.93 bits per heavy atom.